The van der Waals surface area contributed by atoms with E-state index in [4.69, 9.17) is 0 Å². The predicted molar refractivity (Wildman–Crippen MR) is 98.9 cm³/mol. The van der Waals surface area contributed by atoms with Gasteiger partial charge in [0.25, 0.3) is 0 Å². The maximum Gasteiger partial charge on any atom is 0.315 e. The van der Waals surface area contributed by atoms with Crippen LogP contribution in [0.5, 0.6) is 0 Å². The van der Waals surface area contributed by atoms with Crippen molar-refractivity contribution in [3.05, 3.63) is 35.2 Å². The van der Waals surface area contributed by atoms with Gasteiger partial charge in [0.1, 0.15) is 5.69 Å². The zero-order valence-corrected chi connectivity index (χ0v) is 15.8. The Kier molecular flexibility index (Phi) is 5.59. The first kappa shape index (κ1) is 18.4. The largest absolute Gasteiger partial charge is 0.334 e. The first-order chi connectivity index (χ1) is 11.1. The van der Waals surface area contributed by atoms with Crippen LogP contribution in [0.4, 0.5) is 4.79 Å². The lowest BCUT2D eigenvalue weighted by Gasteiger charge is -2.33. The summed E-state index contributed by atoms with van der Waals surface area (Å²) in [6.45, 7) is 11.1. The number of hydrogen-bond donors (Lipinski definition) is 2. The Bertz CT molecular complexity index is 657. The van der Waals surface area contributed by atoms with Gasteiger partial charge in [0, 0.05) is 23.0 Å². The van der Waals surface area contributed by atoms with Crippen molar-refractivity contribution >= 4 is 17.6 Å². The molecule has 2 amide bonds. The van der Waals surface area contributed by atoms with Gasteiger partial charge in [0.15, 0.2) is 0 Å². The number of urea groups is 1. The monoisotopic (exact) mass is 346 g/mol. The first-order valence-electron chi connectivity index (χ1n) is 8.07. The molecule has 0 aliphatic carbocycles. The Morgan fingerprint density at radius 2 is 1.79 bits per heavy atom. The number of nitrogens with zero attached hydrogens (tertiary/aromatic N) is 2. The fraction of sp³-hybridized carbons (Fsp3) is 0.500. The van der Waals surface area contributed by atoms with Crippen LogP contribution in [0.3, 0.4) is 0 Å². The minimum atomic E-state index is -0.246. The lowest BCUT2D eigenvalue weighted by atomic mass is 9.82. The van der Waals surface area contributed by atoms with E-state index in [1.807, 2.05) is 29.6 Å². The van der Waals surface area contributed by atoms with E-state index in [9.17, 15) is 4.79 Å². The molecule has 1 aromatic heterocycles. The van der Waals surface area contributed by atoms with Crippen molar-refractivity contribution in [1.82, 2.24) is 20.2 Å². The summed E-state index contributed by atoms with van der Waals surface area (Å²) in [5.74, 6) is 0. The molecule has 130 valence electrons. The molecule has 0 radical (unpaired) electrons. The molecule has 0 atom stereocenters. The smallest absolute Gasteiger partial charge is 0.315 e. The van der Waals surface area contributed by atoms with Gasteiger partial charge in [-0.05, 0) is 42.8 Å². The molecule has 0 bridgehead atoms. The Hall–Kier alpha value is -1.95. The second-order valence-corrected chi connectivity index (χ2v) is 8.53. The highest BCUT2D eigenvalue weighted by atomic mass is 32.1. The Morgan fingerprint density at radius 3 is 2.33 bits per heavy atom. The lowest BCUT2D eigenvalue weighted by Crippen LogP contribution is -2.49. The van der Waals surface area contributed by atoms with E-state index in [1.54, 1.807) is 0 Å². The van der Waals surface area contributed by atoms with Crippen LogP contribution < -0.4 is 10.6 Å². The number of benzene rings is 1. The summed E-state index contributed by atoms with van der Waals surface area (Å²) in [5.41, 5.74) is 2.87. The highest BCUT2D eigenvalue weighted by molar-refractivity contribution is 7.03. The quantitative estimate of drug-likeness (QED) is 0.852. The molecule has 0 unspecified atom stereocenters. The molecular formula is C18H26N4OS. The molecule has 0 saturated heterocycles. The topological polar surface area (TPSA) is 66.9 Å². The maximum absolute atomic E-state index is 12.1. The molecule has 2 rings (SSSR count). The highest BCUT2D eigenvalue weighted by Crippen LogP contribution is 2.26. The number of rotatable bonds is 5. The predicted octanol–water partition coefficient (Wildman–Crippen LogP) is 4.22. The average Bonchev–Trinajstić information content (AvgIpc) is 2.96. The van der Waals surface area contributed by atoms with Gasteiger partial charge in [-0.1, -0.05) is 49.5 Å². The van der Waals surface area contributed by atoms with Crippen LogP contribution in [0.1, 0.15) is 46.6 Å². The minimum absolute atomic E-state index is 0.142. The zero-order valence-electron chi connectivity index (χ0n) is 15.0. The van der Waals surface area contributed by atoms with Crippen molar-refractivity contribution in [2.24, 2.45) is 5.41 Å². The number of carbonyl (C=O) groups excluding carboxylic acids is 1. The molecule has 0 saturated carbocycles. The van der Waals surface area contributed by atoms with E-state index >= 15 is 0 Å². The van der Waals surface area contributed by atoms with Crippen LogP contribution >= 0.6 is 11.5 Å². The van der Waals surface area contributed by atoms with Crippen molar-refractivity contribution in [3.63, 3.8) is 0 Å². The number of aromatic nitrogens is 2. The molecule has 0 fully saturated rings. The molecule has 2 aromatic rings. The zero-order chi connectivity index (χ0) is 17.8. The molecule has 6 heteroatoms. The summed E-state index contributed by atoms with van der Waals surface area (Å²) in [6, 6.07) is 7.84. The van der Waals surface area contributed by atoms with E-state index in [1.165, 1.54) is 11.5 Å². The van der Waals surface area contributed by atoms with Crippen LogP contribution in [-0.4, -0.2) is 21.2 Å². The normalized spacial score (nSPS) is 12.0. The molecule has 5 nitrogen and oxygen atoms in total. The third-order valence-corrected chi connectivity index (χ3v) is 3.99. The van der Waals surface area contributed by atoms with Gasteiger partial charge in [0.2, 0.25) is 0 Å². The molecular weight excluding hydrogens is 320 g/mol. The summed E-state index contributed by atoms with van der Waals surface area (Å²) < 4.78 is 3.87. The summed E-state index contributed by atoms with van der Waals surface area (Å²) in [7, 11) is 0. The molecule has 0 spiro atoms. The average molecular weight is 346 g/mol. The fourth-order valence-electron chi connectivity index (χ4n) is 2.99. The number of hydrogen-bond acceptors (Lipinski definition) is 4. The molecule has 0 aliphatic heterocycles. The van der Waals surface area contributed by atoms with Gasteiger partial charge >= 0.3 is 6.03 Å². The maximum atomic E-state index is 12.1. The Labute approximate surface area is 148 Å². The molecule has 2 N–H and O–H groups in total. The number of amides is 2. The van der Waals surface area contributed by atoms with Crippen LogP contribution in [0.25, 0.3) is 11.3 Å². The van der Waals surface area contributed by atoms with Gasteiger partial charge < -0.3 is 10.6 Å². The van der Waals surface area contributed by atoms with Gasteiger partial charge in [-0.25, -0.2) is 4.79 Å². The third kappa shape index (κ3) is 5.92. The summed E-state index contributed by atoms with van der Waals surface area (Å²) in [5, 5.41) is 11.9. The lowest BCUT2D eigenvalue weighted by molar-refractivity contribution is 0.210. The van der Waals surface area contributed by atoms with E-state index in [-0.39, 0.29) is 17.0 Å². The van der Waals surface area contributed by atoms with Gasteiger partial charge in [-0.2, -0.15) is 0 Å². The fourth-order valence-corrected chi connectivity index (χ4v) is 3.45. The van der Waals surface area contributed by atoms with Crippen molar-refractivity contribution in [1.29, 1.82) is 0 Å². The Morgan fingerprint density at radius 1 is 1.12 bits per heavy atom. The van der Waals surface area contributed by atoms with Crippen LogP contribution in [0.2, 0.25) is 0 Å². The van der Waals surface area contributed by atoms with Crippen molar-refractivity contribution < 1.29 is 4.79 Å². The van der Waals surface area contributed by atoms with Gasteiger partial charge in [-0.15, -0.1) is 5.10 Å². The van der Waals surface area contributed by atoms with Gasteiger partial charge in [-0.3, -0.25) is 0 Å². The highest BCUT2D eigenvalue weighted by Gasteiger charge is 2.26. The van der Waals surface area contributed by atoms with Crippen molar-refractivity contribution in [2.75, 3.05) is 0 Å². The summed E-state index contributed by atoms with van der Waals surface area (Å²) in [4.78, 5) is 12.1. The molecule has 24 heavy (non-hydrogen) atoms. The van der Waals surface area contributed by atoms with E-state index in [2.05, 4.69) is 54.8 Å². The second kappa shape index (κ2) is 7.30. The second-order valence-electron chi connectivity index (χ2n) is 7.92. The van der Waals surface area contributed by atoms with Crippen molar-refractivity contribution in [2.45, 2.75) is 53.1 Å². The molecule has 1 aromatic carbocycles. The van der Waals surface area contributed by atoms with Gasteiger partial charge in [0.05, 0.1) is 0 Å². The SMILES string of the molecule is CC(C)(C)CC(C)(C)NC(=O)NCc1ccc(-c2csnn2)cc1. The summed E-state index contributed by atoms with van der Waals surface area (Å²) >= 11 is 1.34. The van der Waals surface area contributed by atoms with E-state index in [0.717, 1.165) is 23.2 Å². The summed E-state index contributed by atoms with van der Waals surface area (Å²) in [6.07, 6.45) is 0.907. The van der Waals surface area contributed by atoms with E-state index < -0.39 is 0 Å². The van der Waals surface area contributed by atoms with Crippen LogP contribution in [-0.2, 0) is 6.54 Å². The molecule has 1 heterocycles. The Balaban J connectivity index is 1.85. The van der Waals surface area contributed by atoms with E-state index in [0.29, 0.717) is 6.54 Å². The first-order valence-corrected chi connectivity index (χ1v) is 8.91. The molecule has 0 aliphatic rings. The van der Waals surface area contributed by atoms with Crippen LogP contribution in [0, 0.1) is 5.41 Å². The minimum Gasteiger partial charge on any atom is -0.334 e. The number of nitrogens with one attached hydrogen (secondary N) is 2. The number of carbonyl (C=O) groups is 1. The third-order valence-electron chi connectivity index (χ3n) is 3.49. The van der Waals surface area contributed by atoms with Crippen LogP contribution in [0.15, 0.2) is 29.6 Å². The standard InChI is InChI=1S/C18H26N4OS/c1-17(2,3)12-18(4,5)20-16(23)19-10-13-6-8-14(9-7-13)15-11-24-22-21-15/h6-9,11H,10,12H2,1-5H3,(H2,19,20,23). The van der Waals surface area contributed by atoms with Crippen molar-refractivity contribution in [3.8, 4) is 11.3 Å².